The molecule has 1 aliphatic carbocycles. The number of hydrogen-bond acceptors (Lipinski definition) is 4. The third-order valence-electron chi connectivity index (χ3n) is 8.26. The van der Waals surface area contributed by atoms with Crippen molar-refractivity contribution in [3.8, 4) is 5.75 Å². The number of nitrogens with one attached hydrogen (secondary N) is 1. The Morgan fingerprint density at radius 2 is 1.64 bits per heavy atom. The standard InChI is InChI=1S/C34H42F3N3OP2.C2H6/c1-3-4-17-40-31-29(38-32(40)26-10-6-5-7-11-26)18-23(2)19-30(31)39(21-24-13-15-28(16-14-24)41-33(42)43)22-25-9-8-12-27(20-25)34(35,36)37;1-2/h5-16,20,23,30,32-33,38H,3-4,17-19,21-22,42-43H2,1-2H3;1-2H3. The molecule has 1 N–H and O–H groups in total. The molecule has 1 heterocycles. The Balaban J connectivity index is 0.00000226. The van der Waals surface area contributed by atoms with Gasteiger partial charge in [-0.15, -0.1) is 0 Å². The van der Waals surface area contributed by atoms with Gasteiger partial charge >= 0.3 is 6.18 Å². The molecule has 0 aromatic heterocycles. The van der Waals surface area contributed by atoms with Crippen LogP contribution in [0.5, 0.6) is 5.75 Å². The molecule has 0 saturated heterocycles. The maximum absolute atomic E-state index is 13.7. The molecule has 0 saturated carbocycles. The molecule has 5 rings (SSSR count). The first-order valence-corrected chi connectivity index (χ1v) is 17.4. The topological polar surface area (TPSA) is 27.7 Å². The van der Waals surface area contributed by atoms with Crippen molar-refractivity contribution in [3.63, 3.8) is 0 Å². The van der Waals surface area contributed by atoms with Crippen LogP contribution in [0, 0.1) is 5.92 Å². The van der Waals surface area contributed by atoms with Crippen molar-refractivity contribution in [2.45, 2.75) is 90.4 Å². The van der Waals surface area contributed by atoms with E-state index in [-0.39, 0.29) is 17.8 Å². The van der Waals surface area contributed by atoms with Crippen molar-refractivity contribution in [2.24, 2.45) is 5.92 Å². The van der Waals surface area contributed by atoms with Gasteiger partial charge in [0.15, 0.2) is 0 Å². The second-order valence-corrected chi connectivity index (χ2v) is 13.8. The molecule has 2 aliphatic rings. The van der Waals surface area contributed by atoms with E-state index in [1.807, 2.05) is 38.1 Å². The van der Waals surface area contributed by atoms with Crippen LogP contribution < -0.4 is 10.1 Å². The van der Waals surface area contributed by atoms with E-state index in [0.29, 0.717) is 24.6 Å². The third kappa shape index (κ3) is 9.24. The lowest BCUT2D eigenvalue weighted by atomic mass is 9.86. The maximum atomic E-state index is 13.7. The van der Waals surface area contributed by atoms with E-state index in [9.17, 15) is 13.2 Å². The van der Waals surface area contributed by atoms with Crippen molar-refractivity contribution in [2.75, 3.05) is 6.54 Å². The molecule has 45 heavy (non-hydrogen) atoms. The van der Waals surface area contributed by atoms with Crippen molar-refractivity contribution in [1.82, 2.24) is 15.1 Å². The molecule has 4 nitrogen and oxygen atoms in total. The Morgan fingerprint density at radius 1 is 0.956 bits per heavy atom. The van der Waals surface area contributed by atoms with Crippen LogP contribution in [0.3, 0.4) is 0 Å². The van der Waals surface area contributed by atoms with E-state index in [1.165, 1.54) is 29.1 Å². The molecule has 5 unspecified atom stereocenters. The summed E-state index contributed by atoms with van der Waals surface area (Å²) in [6, 6.07) is 24.4. The molecule has 3 aromatic rings. The zero-order valence-electron chi connectivity index (χ0n) is 26.9. The molecule has 244 valence electrons. The Hall–Kier alpha value is -2.59. The largest absolute Gasteiger partial charge is 0.483 e. The summed E-state index contributed by atoms with van der Waals surface area (Å²) in [5.74, 6) is 1.20. The second kappa shape index (κ2) is 16.3. The molecule has 0 spiro atoms. The molecule has 1 aliphatic heterocycles. The van der Waals surface area contributed by atoms with Crippen molar-refractivity contribution in [3.05, 3.63) is 113 Å². The molecular weight excluding hydrogens is 609 g/mol. The number of rotatable bonds is 11. The molecule has 0 fully saturated rings. The van der Waals surface area contributed by atoms with E-state index >= 15 is 0 Å². The van der Waals surface area contributed by atoms with E-state index in [1.54, 1.807) is 0 Å². The third-order valence-corrected chi connectivity index (χ3v) is 8.54. The van der Waals surface area contributed by atoms with Gasteiger partial charge in [-0.2, -0.15) is 13.2 Å². The van der Waals surface area contributed by atoms with Crippen LogP contribution in [0.2, 0.25) is 0 Å². The quantitative estimate of drug-likeness (QED) is 0.208. The molecule has 3 aromatic carbocycles. The predicted molar refractivity (Wildman–Crippen MR) is 185 cm³/mol. The molecular formula is C36H48F3N3OP2. The zero-order chi connectivity index (χ0) is 32.6. The fraction of sp³-hybridized carbons (Fsp3) is 0.444. The number of halogens is 3. The Kier molecular flexibility index (Phi) is 12.8. The lowest BCUT2D eigenvalue weighted by molar-refractivity contribution is -0.137. The van der Waals surface area contributed by atoms with Gasteiger partial charge in [0, 0.05) is 25.3 Å². The number of unbranched alkanes of at least 4 members (excludes halogenated alkanes) is 1. The van der Waals surface area contributed by atoms with Gasteiger partial charge in [-0.05, 0) is 60.1 Å². The van der Waals surface area contributed by atoms with Gasteiger partial charge in [0.25, 0.3) is 0 Å². The van der Waals surface area contributed by atoms with E-state index in [4.69, 9.17) is 4.74 Å². The first-order valence-electron chi connectivity index (χ1n) is 16.1. The van der Waals surface area contributed by atoms with Crippen LogP contribution >= 0.6 is 18.5 Å². The van der Waals surface area contributed by atoms with Crippen molar-refractivity contribution < 1.29 is 17.9 Å². The van der Waals surface area contributed by atoms with Crippen molar-refractivity contribution in [1.29, 1.82) is 0 Å². The minimum absolute atomic E-state index is 0.0455. The summed E-state index contributed by atoms with van der Waals surface area (Å²) in [6.07, 6.45) is -0.292. The molecule has 0 amide bonds. The fourth-order valence-corrected chi connectivity index (χ4v) is 6.64. The predicted octanol–water partition coefficient (Wildman–Crippen LogP) is 9.56. The van der Waals surface area contributed by atoms with Crippen LogP contribution in [-0.4, -0.2) is 28.0 Å². The highest BCUT2D eigenvalue weighted by Gasteiger charge is 2.42. The van der Waals surface area contributed by atoms with Crippen LogP contribution in [-0.2, 0) is 19.3 Å². The zero-order valence-corrected chi connectivity index (χ0v) is 29.2. The summed E-state index contributed by atoms with van der Waals surface area (Å²) in [7, 11) is 5.20. The highest BCUT2D eigenvalue weighted by Crippen LogP contribution is 2.43. The first kappa shape index (κ1) is 35.3. The van der Waals surface area contributed by atoms with Gasteiger partial charge in [0.1, 0.15) is 17.5 Å². The van der Waals surface area contributed by atoms with Crippen LogP contribution in [0.1, 0.15) is 81.8 Å². The number of allylic oxidation sites excluding steroid dienone is 1. The SMILES string of the molecule is CC.CCCCN1C2=C(CC(C)CC2N(Cc2ccc(OC(P)P)cc2)Cc2cccc(C(F)(F)F)c2)NC1c1ccccc1. The van der Waals surface area contributed by atoms with Crippen LogP contribution in [0.15, 0.2) is 90.3 Å². The number of nitrogens with zero attached hydrogens (tertiary/aromatic N) is 2. The summed E-state index contributed by atoms with van der Waals surface area (Å²) in [5.41, 5.74) is 4.84. The highest BCUT2D eigenvalue weighted by atomic mass is 31.1. The Bertz CT molecular complexity index is 1380. The lowest BCUT2D eigenvalue weighted by Gasteiger charge is -2.41. The monoisotopic (exact) mass is 657 g/mol. The number of hydrogen-bond donors (Lipinski definition) is 1. The smallest absolute Gasteiger partial charge is 0.416 e. The molecule has 0 bridgehead atoms. The van der Waals surface area contributed by atoms with Gasteiger partial charge in [-0.1, -0.05) is 113 Å². The second-order valence-electron chi connectivity index (χ2n) is 11.8. The van der Waals surface area contributed by atoms with Gasteiger partial charge in [0.2, 0.25) is 0 Å². The average molecular weight is 658 g/mol. The molecule has 5 atom stereocenters. The molecule has 0 radical (unpaired) electrons. The minimum Gasteiger partial charge on any atom is -0.483 e. The van der Waals surface area contributed by atoms with Crippen LogP contribution in [0.25, 0.3) is 0 Å². The van der Waals surface area contributed by atoms with Gasteiger partial charge in [-0.25, -0.2) is 0 Å². The Morgan fingerprint density at radius 3 is 2.29 bits per heavy atom. The average Bonchev–Trinajstić information content (AvgIpc) is 3.39. The maximum Gasteiger partial charge on any atom is 0.416 e. The molecule has 9 heteroatoms. The Labute approximate surface area is 272 Å². The van der Waals surface area contributed by atoms with Crippen LogP contribution in [0.4, 0.5) is 13.2 Å². The minimum atomic E-state index is -4.38. The summed E-state index contributed by atoms with van der Waals surface area (Å²) >= 11 is 0. The highest BCUT2D eigenvalue weighted by molar-refractivity contribution is 7.37. The summed E-state index contributed by atoms with van der Waals surface area (Å²) in [5, 5.41) is 3.88. The van der Waals surface area contributed by atoms with Gasteiger partial charge in [0.05, 0.1) is 17.3 Å². The number of benzene rings is 3. The lowest BCUT2D eigenvalue weighted by Crippen LogP contribution is -2.43. The van der Waals surface area contributed by atoms with E-state index in [2.05, 4.69) is 83.8 Å². The van der Waals surface area contributed by atoms with Crippen molar-refractivity contribution >= 4 is 18.5 Å². The van der Waals surface area contributed by atoms with Gasteiger partial charge in [-0.3, -0.25) is 4.90 Å². The summed E-state index contributed by atoms with van der Waals surface area (Å²) in [4.78, 5) is 4.90. The summed E-state index contributed by atoms with van der Waals surface area (Å²) < 4.78 is 46.8. The number of ether oxygens (including phenoxy) is 1. The first-order chi connectivity index (χ1) is 21.6. The summed E-state index contributed by atoms with van der Waals surface area (Å²) in [6.45, 7) is 10.4. The fourth-order valence-electron chi connectivity index (χ4n) is 6.33. The van der Waals surface area contributed by atoms with E-state index in [0.717, 1.165) is 49.6 Å². The number of alkyl halides is 3. The normalized spacial score (nSPS) is 19.7. The van der Waals surface area contributed by atoms with E-state index < -0.39 is 11.7 Å². The van der Waals surface area contributed by atoms with Gasteiger partial charge < -0.3 is 15.0 Å².